The lowest BCUT2D eigenvalue weighted by atomic mass is 10.2. The maximum absolute atomic E-state index is 13.0. The molecule has 31 heavy (non-hydrogen) atoms. The van der Waals surface area contributed by atoms with Crippen molar-refractivity contribution in [2.45, 2.75) is 38.6 Å². The number of hydrogen-bond acceptors (Lipinski definition) is 5. The third-order valence-electron chi connectivity index (χ3n) is 5.79. The van der Waals surface area contributed by atoms with Crippen LogP contribution in [0.25, 0.3) is 0 Å². The minimum atomic E-state index is -0.530. The Hall–Kier alpha value is -2.58. The van der Waals surface area contributed by atoms with Crippen molar-refractivity contribution in [3.63, 3.8) is 0 Å². The molecule has 2 aromatic rings. The molecule has 166 valence electrons. The fraction of sp³-hybridized carbons (Fsp3) is 0.500. The van der Waals surface area contributed by atoms with Crippen molar-refractivity contribution in [3.05, 3.63) is 40.7 Å². The molecule has 1 fully saturated rings. The number of likely N-dealkylation sites (tertiary alicyclic amines) is 1. The predicted molar refractivity (Wildman–Crippen MR) is 119 cm³/mol. The van der Waals surface area contributed by atoms with Crippen molar-refractivity contribution >= 4 is 29.4 Å². The van der Waals surface area contributed by atoms with Gasteiger partial charge >= 0.3 is 6.09 Å². The molecule has 1 N–H and O–H groups in total. The molecule has 2 aliphatic heterocycles. The number of aromatic nitrogens is 2. The van der Waals surface area contributed by atoms with Gasteiger partial charge in [-0.25, -0.2) is 9.78 Å². The second kappa shape index (κ2) is 9.70. The van der Waals surface area contributed by atoms with Crippen LogP contribution in [0.1, 0.15) is 41.9 Å². The number of fused-ring (bicyclic) bond motifs is 1. The summed E-state index contributed by atoms with van der Waals surface area (Å²) in [5.41, 5.74) is 0.446. The van der Waals surface area contributed by atoms with Crippen LogP contribution < -0.4 is 15.0 Å². The Morgan fingerprint density at radius 2 is 1.97 bits per heavy atom. The number of nitrogens with one attached hydrogen (secondary N) is 1. The van der Waals surface area contributed by atoms with Gasteiger partial charge in [0.05, 0.1) is 0 Å². The molecule has 0 radical (unpaired) electrons. The molecule has 4 rings (SSSR count). The maximum Gasteiger partial charge on any atom is 0.414 e. The number of amides is 2. The van der Waals surface area contributed by atoms with Crippen LogP contribution in [0.4, 0.5) is 10.6 Å². The number of rotatable bonds is 6. The highest BCUT2D eigenvalue weighted by Crippen LogP contribution is 2.33. The van der Waals surface area contributed by atoms with Gasteiger partial charge in [0.15, 0.2) is 5.82 Å². The van der Waals surface area contributed by atoms with Crippen molar-refractivity contribution < 1.29 is 14.3 Å². The summed E-state index contributed by atoms with van der Waals surface area (Å²) in [6.45, 7) is 4.19. The Bertz CT molecular complexity index is 955. The molecule has 0 spiro atoms. The number of carbonyl (C=O) groups excluding carboxylic acids is 2. The summed E-state index contributed by atoms with van der Waals surface area (Å²) in [6, 6.07) is 6.76. The summed E-state index contributed by atoms with van der Waals surface area (Å²) in [6.07, 6.45) is 4.67. The summed E-state index contributed by atoms with van der Waals surface area (Å²) in [5, 5.41) is 3.31. The van der Waals surface area contributed by atoms with Gasteiger partial charge < -0.3 is 15.0 Å². The largest absolute Gasteiger partial charge is 0.414 e. The van der Waals surface area contributed by atoms with Gasteiger partial charge in [-0.3, -0.25) is 14.3 Å². The number of benzene rings is 1. The van der Waals surface area contributed by atoms with Crippen molar-refractivity contribution in [1.29, 1.82) is 0 Å². The van der Waals surface area contributed by atoms with Crippen LogP contribution >= 0.6 is 11.6 Å². The number of aryl methyl sites for hydroxylation is 1. The molecular weight excluding hydrogens is 418 g/mol. The van der Waals surface area contributed by atoms with Gasteiger partial charge in [0.25, 0.3) is 5.91 Å². The predicted octanol–water partition coefficient (Wildman–Crippen LogP) is 3.33. The smallest absolute Gasteiger partial charge is 0.389 e. The number of halogens is 1. The average molecular weight is 446 g/mol. The van der Waals surface area contributed by atoms with Crippen molar-refractivity contribution in [1.82, 2.24) is 19.8 Å². The molecule has 1 aromatic heterocycles. The van der Waals surface area contributed by atoms with E-state index in [1.807, 2.05) is 4.57 Å². The zero-order chi connectivity index (χ0) is 21.8. The second-order valence-corrected chi connectivity index (χ2v) is 8.44. The first-order valence-electron chi connectivity index (χ1n) is 10.8. The van der Waals surface area contributed by atoms with E-state index >= 15 is 0 Å². The SMILES string of the molecule is CN(C(=O)c1cccc(Cl)c1)c1nc2n(c1OC(=O)NCCN1CCCC1)CCCC2. The van der Waals surface area contributed by atoms with Gasteiger partial charge in [0, 0.05) is 43.7 Å². The number of anilines is 1. The first kappa shape index (κ1) is 21.6. The third-order valence-corrected chi connectivity index (χ3v) is 6.03. The molecule has 0 aliphatic carbocycles. The minimum absolute atomic E-state index is 0.266. The first-order valence-corrected chi connectivity index (χ1v) is 11.2. The first-order chi connectivity index (χ1) is 15.0. The van der Waals surface area contributed by atoms with Crippen LogP contribution in [-0.4, -0.2) is 59.7 Å². The molecule has 2 aliphatic rings. The fourth-order valence-electron chi connectivity index (χ4n) is 4.12. The lowest BCUT2D eigenvalue weighted by Crippen LogP contribution is -2.36. The van der Waals surface area contributed by atoms with Crippen LogP contribution in [0.5, 0.6) is 5.88 Å². The van der Waals surface area contributed by atoms with Crippen LogP contribution in [0, 0.1) is 0 Å². The quantitative estimate of drug-likeness (QED) is 0.737. The molecule has 0 atom stereocenters. The van der Waals surface area contributed by atoms with Crippen LogP contribution in [0.3, 0.4) is 0 Å². The fourth-order valence-corrected chi connectivity index (χ4v) is 4.31. The average Bonchev–Trinajstić information content (AvgIpc) is 3.41. The summed E-state index contributed by atoms with van der Waals surface area (Å²) in [7, 11) is 1.63. The summed E-state index contributed by atoms with van der Waals surface area (Å²) in [5.74, 6) is 1.21. The normalized spacial score (nSPS) is 16.1. The van der Waals surface area contributed by atoms with E-state index in [9.17, 15) is 9.59 Å². The Balaban J connectivity index is 1.50. The highest BCUT2D eigenvalue weighted by molar-refractivity contribution is 6.31. The van der Waals surface area contributed by atoms with E-state index < -0.39 is 6.09 Å². The van der Waals surface area contributed by atoms with E-state index in [4.69, 9.17) is 16.3 Å². The number of carbonyl (C=O) groups is 2. The van der Waals surface area contributed by atoms with Crippen molar-refractivity contribution in [2.24, 2.45) is 0 Å². The van der Waals surface area contributed by atoms with E-state index in [2.05, 4.69) is 15.2 Å². The van der Waals surface area contributed by atoms with E-state index in [1.54, 1.807) is 31.3 Å². The molecule has 0 unspecified atom stereocenters. The number of nitrogens with zero attached hydrogens (tertiary/aromatic N) is 4. The topological polar surface area (TPSA) is 79.7 Å². The molecule has 8 nitrogen and oxygen atoms in total. The highest BCUT2D eigenvalue weighted by Gasteiger charge is 2.28. The molecule has 2 amide bonds. The standard InChI is InChI=1S/C22H28ClN5O3/c1-26(20(29)16-7-6-8-17(23)15-16)19-21(28-13-3-2-9-18(28)25-19)31-22(30)24-10-14-27-11-4-5-12-27/h6-8,15H,2-5,9-14H2,1H3,(H,24,30). The van der Waals surface area contributed by atoms with Crippen molar-refractivity contribution in [2.75, 3.05) is 38.1 Å². The van der Waals surface area contributed by atoms with E-state index in [0.717, 1.165) is 44.7 Å². The van der Waals surface area contributed by atoms with E-state index in [1.165, 1.54) is 17.7 Å². The Kier molecular flexibility index (Phi) is 6.77. The Morgan fingerprint density at radius 3 is 2.74 bits per heavy atom. The van der Waals surface area contributed by atoms with Crippen LogP contribution in [-0.2, 0) is 13.0 Å². The summed E-state index contributed by atoms with van der Waals surface area (Å²) >= 11 is 6.05. The lowest BCUT2D eigenvalue weighted by molar-refractivity contribution is 0.0991. The molecule has 9 heteroatoms. The van der Waals surface area contributed by atoms with Gasteiger partial charge in [-0.1, -0.05) is 17.7 Å². The van der Waals surface area contributed by atoms with Crippen LogP contribution in [0.2, 0.25) is 5.02 Å². The zero-order valence-electron chi connectivity index (χ0n) is 17.8. The molecule has 0 bridgehead atoms. The zero-order valence-corrected chi connectivity index (χ0v) is 18.5. The van der Waals surface area contributed by atoms with Gasteiger partial charge in [0.2, 0.25) is 5.88 Å². The highest BCUT2D eigenvalue weighted by atomic mass is 35.5. The van der Waals surface area contributed by atoms with Crippen LogP contribution in [0.15, 0.2) is 24.3 Å². The van der Waals surface area contributed by atoms with Gasteiger partial charge in [-0.15, -0.1) is 0 Å². The number of hydrogen-bond donors (Lipinski definition) is 1. The molecular formula is C22H28ClN5O3. The summed E-state index contributed by atoms with van der Waals surface area (Å²) in [4.78, 5) is 33.9. The Morgan fingerprint density at radius 1 is 1.19 bits per heavy atom. The van der Waals surface area contributed by atoms with Gasteiger partial charge in [-0.2, -0.15) is 0 Å². The lowest BCUT2D eigenvalue weighted by Gasteiger charge is -2.19. The van der Waals surface area contributed by atoms with Crippen molar-refractivity contribution in [3.8, 4) is 5.88 Å². The van der Waals surface area contributed by atoms with E-state index in [-0.39, 0.29) is 5.91 Å². The second-order valence-electron chi connectivity index (χ2n) is 8.01. The molecule has 1 saturated heterocycles. The number of imidazole rings is 1. The summed E-state index contributed by atoms with van der Waals surface area (Å²) < 4.78 is 7.59. The monoisotopic (exact) mass is 445 g/mol. The van der Waals surface area contributed by atoms with Gasteiger partial charge in [-0.05, 0) is 57.0 Å². The van der Waals surface area contributed by atoms with Gasteiger partial charge in [0.1, 0.15) is 5.82 Å². The number of ether oxygens (including phenoxy) is 1. The minimum Gasteiger partial charge on any atom is -0.389 e. The Labute approximate surface area is 187 Å². The molecule has 1 aromatic carbocycles. The maximum atomic E-state index is 13.0. The third kappa shape index (κ3) is 5.02. The molecule has 0 saturated carbocycles. The molecule has 3 heterocycles. The van der Waals surface area contributed by atoms with E-state index in [0.29, 0.717) is 35.4 Å².